The molecular weight excluding hydrogens is 372 g/mol. The van der Waals surface area contributed by atoms with Crippen LogP contribution in [0.1, 0.15) is 12.0 Å². The number of thiocarbonyl (C=S) groups is 1. The van der Waals surface area contributed by atoms with Crippen LogP contribution < -0.4 is 0 Å². The van der Waals surface area contributed by atoms with Crippen LogP contribution in [0.4, 0.5) is 5.69 Å². The first-order valence-corrected chi connectivity index (χ1v) is 10.0. The van der Waals surface area contributed by atoms with Gasteiger partial charge in [0.1, 0.15) is 4.32 Å². The van der Waals surface area contributed by atoms with Gasteiger partial charge in [-0.15, -0.1) is 0 Å². The number of thioether (sulfide) groups is 1. The third-order valence-electron chi connectivity index (χ3n) is 3.78. The number of sulfone groups is 1. The summed E-state index contributed by atoms with van der Waals surface area (Å²) in [7, 11) is -3.13. The summed E-state index contributed by atoms with van der Waals surface area (Å²) in [4.78, 5) is 24.6. The van der Waals surface area contributed by atoms with Crippen molar-refractivity contribution in [2.75, 3.05) is 11.5 Å². The van der Waals surface area contributed by atoms with Crippen LogP contribution in [0.3, 0.4) is 0 Å². The highest BCUT2D eigenvalue weighted by Crippen LogP contribution is 2.36. The quantitative estimate of drug-likeness (QED) is 0.340. The Labute approximate surface area is 147 Å². The summed E-state index contributed by atoms with van der Waals surface area (Å²) in [6.45, 7) is 0. The number of carbonyl (C=O) groups is 1. The van der Waals surface area contributed by atoms with E-state index in [9.17, 15) is 23.3 Å². The van der Waals surface area contributed by atoms with Gasteiger partial charge in [0.15, 0.2) is 9.84 Å². The summed E-state index contributed by atoms with van der Waals surface area (Å²) in [6, 6.07) is 5.49. The monoisotopic (exact) mass is 384 g/mol. The molecule has 0 N–H and O–H groups in total. The molecule has 10 heteroatoms. The van der Waals surface area contributed by atoms with Crippen LogP contribution in [0.2, 0.25) is 0 Å². The Kier molecular flexibility index (Phi) is 4.45. The lowest BCUT2D eigenvalue weighted by molar-refractivity contribution is -0.384. The first-order valence-electron chi connectivity index (χ1n) is 6.99. The highest BCUT2D eigenvalue weighted by molar-refractivity contribution is 8.26. The summed E-state index contributed by atoms with van der Waals surface area (Å²) < 4.78 is 23.6. The molecule has 0 aliphatic carbocycles. The van der Waals surface area contributed by atoms with Crippen molar-refractivity contribution in [3.8, 4) is 0 Å². The molecule has 2 aliphatic heterocycles. The second-order valence-corrected chi connectivity index (χ2v) is 9.37. The smallest absolute Gasteiger partial charge is 0.270 e. The lowest BCUT2D eigenvalue weighted by Crippen LogP contribution is -2.39. The predicted molar refractivity (Wildman–Crippen MR) is 95.2 cm³/mol. The van der Waals surface area contributed by atoms with Crippen molar-refractivity contribution in [2.45, 2.75) is 12.5 Å². The molecule has 0 aromatic heterocycles. The standard InChI is InChI=1S/C14H12N2O5S3/c17-13-12(7-9-2-1-3-10(6-9)16(18)19)23-14(22)15(13)11-4-5-24(20,21)8-11/h1-3,6-7,11H,4-5,8H2/b12-7-/t11-/m0/s1. The number of nitrogens with zero attached hydrogens (tertiary/aromatic N) is 2. The summed E-state index contributed by atoms with van der Waals surface area (Å²) in [5, 5.41) is 10.8. The number of amides is 1. The van der Waals surface area contributed by atoms with Gasteiger partial charge in [-0.1, -0.05) is 36.1 Å². The fraction of sp³-hybridized carbons (Fsp3) is 0.286. The van der Waals surface area contributed by atoms with E-state index in [1.165, 1.54) is 29.2 Å². The first kappa shape index (κ1) is 17.1. The van der Waals surface area contributed by atoms with Gasteiger partial charge in [0, 0.05) is 12.1 Å². The normalized spacial score (nSPS) is 24.8. The fourth-order valence-corrected chi connectivity index (χ4v) is 5.75. The van der Waals surface area contributed by atoms with Crippen molar-refractivity contribution >= 4 is 55.8 Å². The van der Waals surface area contributed by atoms with Crippen molar-refractivity contribution in [3.05, 3.63) is 44.8 Å². The number of hydrogen-bond donors (Lipinski definition) is 0. The van der Waals surface area contributed by atoms with Gasteiger partial charge in [-0.3, -0.25) is 19.8 Å². The molecule has 1 atom stereocenters. The lowest BCUT2D eigenvalue weighted by atomic mass is 10.1. The number of nitro groups is 1. The number of carbonyl (C=O) groups excluding carboxylic acids is 1. The minimum Gasteiger partial charge on any atom is -0.289 e. The largest absolute Gasteiger partial charge is 0.289 e. The number of nitro benzene ring substituents is 1. The average molecular weight is 384 g/mol. The van der Waals surface area contributed by atoms with Crippen LogP contribution in [0, 0.1) is 10.1 Å². The molecule has 126 valence electrons. The van der Waals surface area contributed by atoms with Crippen molar-refractivity contribution in [1.82, 2.24) is 4.90 Å². The molecule has 7 nitrogen and oxygen atoms in total. The number of non-ortho nitro benzene ring substituents is 1. The Balaban J connectivity index is 1.86. The highest BCUT2D eigenvalue weighted by atomic mass is 32.2. The highest BCUT2D eigenvalue weighted by Gasteiger charge is 2.42. The van der Waals surface area contributed by atoms with Crippen LogP contribution in [0.5, 0.6) is 0 Å². The molecule has 2 aliphatic rings. The maximum absolute atomic E-state index is 12.6. The minimum atomic E-state index is -3.13. The van der Waals surface area contributed by atoms with Crippen LogP contribution >= 0.6 is 24.0 Å². The number of benzene rings is 1. The van der Waals surface area contributed by atoms with Crippen molar-refractivity contribution in [1.29, 1.82) is 0 Å². The summed E-state index contributed by atoms with van der Waals surface area (Å²) >= 11 is 6.30. The molecule has 1 amide bonds. The van der Waals surface area contributed by atoms with Gasteiger partial charge in [0.05, 0.1) is 27.4 Å². The fourth-order valence-electron chi connectivity index (χ4n) is 2.65. The average Bonchev–Trinajstić information content (AvgIpc) is 2.99. The maximum atomic E-state index is 12.6. The van der Waals surface area contributed by atoms with E-state index in [-0.39, 0.29) is 23.1 Å². The van der Waals surface area contributed by atoms with Crippen molar-refractivity contribution in [3.63, 3.8) is 0 Å². The Bertz CT molecular complexity index is 878. The Morgan fingerprint density at radius 1 is 1.42 bits per heavy atom. The molecule has 0 bridgehead atoms. The van der Waals surface area contributed by atoms with Crippen LogP contribution in [0.15, 0.2) is 29.2 Å². The van der Waals surface area contributed by atoms with E-state index in [0.717, 1.165) is 11.8 Å². The van der Waals surface area contributed by atoms with Gasteiger partial charge in [-0.25, -0.2) is 8.42 Å². The third-order valence-corrected chi connectivity index (χ3v) is 6.86. The SMILES string of the molecule is O=C1/C(=C/c2cccc([N+](=O)[O-])c2)SC(=S)N1[C@H]1CCS(=O)(=O)C1. The van der Waals surface area contributed by atoms with Crippen LogP contribution in [0.25, 0.3) is 6.08 Å². The van der Waals surface area contributed by atoms with Crippen LogP contribution in [-0.2, 0) is 14.6 Å². The molecule has 1 aromatic carbocycles. The van der Waals surface area contributed by atoms with E-state index >= 15 is 0 Å². The number of rotatable bonds is 3. The van der Waals surface area contributed by atoms with E-state index < -0.39 is 20.8 Å². The van der Waals surface area contributed by atoms with Gasteiger partial charge in [-0.2, -0.15) is 0 Å². The molecule has 0 unspecified atom stereocenters. The zero-order valence-corrected chi connectivity index (χ0v) is 14.7. The molecular formula is C14H12N2O5S3. The summed E-state index contributed by atoms with van der Waals surface area (Å²) in [5.41, 5.74) is 0.449. The van der Waals surface area contributed by atoms with Gasteiger partial charge < -0.3 is 0 Å². The zero-order valence-electron chi connectivity index (χ0n) is 12.2. The lowest BCUT2D eigenvalue weighted by Gasteiger charge is -2.20. The van der Waals surface area contributed by atoms with E-state index in [4.69, 9.17) is 12.2 Å². The number of hydrogen-bond acceptors (Lipinski definition) is 7. The second kappa shape index (κ2) is 6.26. The first-order chi connectivity index (χ1) is 11.3. The molecule has 2 saturated heterocycles. The topological polar surface area (TPSA) is 97.6 Å². The molecule has 2 heterocycles. The zero-order chi connectivity index (χ0) is 17.5. The van der Waals surface area contributed by atoms with E-state index in [2.05, 4.69) is 0 Å². The molecule has 2 fully saturated rings. The molecule has 0 spiro atoms. The summed E-state index contributed by atoms with van der Waals surface area (Å²) in [5.74, 6) is -0.374. The van der Waals surface area contributed by atoms with Crippen molar-refractivity contribution < 1.29 is 18.1 Å². The van der Waals surface area contributed by atoms with Gasteiger partial charge in [0.25, 0.3) is 11.6 Å². The van der Waals surface area contributed by atoms with E-state index in [1.54, 1.807) is 6.07 Å². The Hall–Kier alpha value is -1.78. The Morgan fingerprint density at radius 2 is 2.17 bits per heavy atom. The van der Waals surface area contributed by atoms with Gasteiger partial charge in [0.2, 0.25) is 0 Å². The Morgan fingerprint density at radius 3 is 2.79 bits per heavy atom. The predicted octanol–water partition coefficient (Wildman–Crippen LogP) is 1.98. The van der Waals surface area contributed by atoms with Gasteiger partial charge in [-0.05, 0) is 18.1 Å². The van der Waals surface area contributed by atoms with Gasteiger partial charge >= 0.3 is 0 Å². The molecule has 3 rings (SSSR count). The van der Waals surface area contributed by atoms with Crippen LogP contribution in [-0.4, -0.2) is 46.0 Å². The van der Waals surface area contributed by atoms with E-state index in [0.29, 0.717) is 21.2 Å². The second-order valence-electron chi connectivity index (χ2n) is 5.46. The van der Waals surface area contributed by atoms with Crippen molar-refractivity contribution in [2.24, 2.45) is 0 Å². The molecule has 24 heavy (non-hydrogen) atoms. The summed E-state index contributed by atoms with van der Waals surface area (Å²) in [6.07, 6.45) is 1.91. The minimum absolute atomic E-state index is 0.0542. The third kappa shape index (κ3) is 3.35. The molecule has 0 radical (unpaired) electrons. The maximum Gasteiger partial charge on any atom is 0.270 e. The van der Waals surface area contributed by atoms with E-state index in [1.807, 2.05) is 0 Å². The molecule has 1 aromatic rings. The molecule has 0 saturated carbocycles.